The Morgan fingerprint density at radius 2 is 0.712 bits per heavy atom. The molecule has 4 fully saturated rings. The van der Waals surface area contributed by atoms with Gasteiger partial charge in [0, 0.05) is 150 Å². The van der Waals surface area contributed by atoms with E-state index in [1.807, 2.05) is 92.6 Å². The van der Waals surface area contributed by atoms with E-state index in [1.54, 1.807) is 69.3 Å². The number of likely N-dealkylation sites (tertiary alicyclic amines) is 3. The molecule has 0 bridgehead atoms. The first kappa shape index (κ1) is 82.6. The van der Waals surface area contributed by atoms with Gasteiger partial charge in [0.05, 0.1) is 7.11 Å². The van der Waals surface area contributed by atoms with Crippen LogP contribution in [0, 0.1) is 0 Å². The summed E-state index contributed by atoms with van der Waals surface area (Å²) in [5.41, 5.74) is 1.04. The summed E-state index contributed by atoms with van der Waals surface area (Å²) < 4.78 is 48.2. The lowest BCUT2D eigenvalue weighted by molar-refractivity contribution is -0.112. The number of amides is 3. The third-order valence-electron chi connectivity index (χ3n) is 20.6. The van der Waals surface area contributed by atoms with Crippen molar-refractivity contribution in [3.8, 4) is 5.75 Å². The Kier molecular flexibility index (Phi) is 24.2. The summed E-state index contributed by atoms with van der Waals surface area (Å²) in [4.78, 5) is 144. The fourth-order valence-corrected chi connectivity index (χ4v) is 20.2. The Morgan fingerprint density at radius 3 is 1.11 bits per heavy atom. The Balaban J connectivity index is 0.000000138. The second-order valence-electron chi connectivity index (χ2n) is 32.1. The zero-order valence-electron chi connectivity index (χ0n) is 63.7. The summed E-state index contributed by atoms with van der Waals surface area (Å²) in [7, 11) is 1.52. The molecule has 4 aromatic rings. The largest absolute Gasteiger partial charge is 0.497 e. The molecule has 2 unspecified atom stereocenters. The average Bonchev–Trinajstić information content (AvgIpc) is 1.42. The fourth-order valence-electron chi connectivity index (χ4n) is 14.8. The third-order valence-corrected chi connectivity index (χ3v) is 26.4. The van der Waals surface area contributed by atoms with Gasteiger partial charge in [0.15, 0.2) is 0 Å². The predicted octanol–water partition coefficient (Wildman–Crippen LogP) is 14.9. The van der Waals surface area contributed by atoms with Crippen LogP contribution in [0.15, 0.2) is 109 Å². The number of halogens is 2. The first-order chi connectivity index (χ1) is 52.1. The number of ether oxygens (including phenoxy) is 8. The van der Waals surface area contributed by atoms with E-state index < -0.39 is 79.9 Å². The molecule has 2 atom stereocenters. The highest BCUT2D eigenvalue weighted by Crippen LogP contribution is 2.53. The topological polar surface area (TPSA) is 283 Å². The number of thioether (sulfide) groups is 4. The van der Waals surface area contributed by atoms with Crippen LogP contribution in [0.2, 0.25) is 0 Å². The molecule has 4 aliphatic carbocycles. The molecule has 111 heavy (non-hydrogen) atoms. The number of Topliss-reactive ketones (excluding diaryl/α,β-unsaturated/α-hetero) is 8. The maximum absolute atomic E-state index is 12.6. The number of hydrogen-bond acceptors (Lipinski definition) is 24. The molecule has 0 radical (unpaired) electrons. The van der Waals surface area contributed by atoms with Gasteiger partial charge in [-0.2, -0.15) is 0 Å². The van der Waals surface area contributed by atoms with Crippen molar-refractivity contribution >= 4 is 163 Å². The number of carbonyl (C=O) groups is 11. The number of carbonyl (C=O) groups excluding carboxylic acids is 11. The number of nitrogens with zero attached hydrogens (tertiary/aromatic N) is 3. The second kappa shape index (κ2) is 32.6. The van der Waals surface area contributed by atoms with Crippen LogP contribution >= 0.6 is 75.4 Å². The van der Waals surface area contributed by atoms with Crippen molar-refractivity contribution in [1.29, 1.82) is 0 Å². The van der Waals surface area contributed by atoms with Crippen molar-refractivity contribution in [2.75, 3.05) is 82.5 Å². The lowest BCUT2D eigenvalue weighted by atomic mass is 9.90. The second-order valence-corrected chi connectivity index (χ2v) is 37.0. The fraction of sp³-hybridized carbons (Fsp3) is 0.476. The molecule has 1 N–H and O–H groups in total. The summed E-state index contributed by atoms with van der Waals surface area (Å²) in [6.45, 7) is 21.8. The number of allylic oxidation sites excluding steroid dienone is 4. The molecule has 16 rings (SSSR count). The van der Waals surface area contributed by atoms with Crippen LogP contribution in [0.25, 0.3) is 23.0 Å². The molecule has 8 aliphatic heterocycles. The van der Waals surface area contributed by atoms with E-state index in [9.17, 15) is 52.7 Å². The molecule has 0 aromatic heterocycles. The van der Waals surface area contributed by atoms with Crippen LogP contribution in [-0.2, 0) is 52.3 Å². The molecular formula is C82H90BrClN4O19S4. The van der Waals surface area contributed by atoms with Crippen molar-refractivity contribution in [1.82, 2.24) is 20.0 Å². The molecule has 29 heteroatoms. The Labute approximate surface area is 676 Å². The molecule has 3 amide bonds. The number of piperidine rings is 2. The first-order valence-electron chi connectivity index (χ1n) is 37.0. The van der Waals surface area contributed by atoms with Gasteiger partial charge in [-0.1, -0.05) is 64.5 Å². The van der Waals surface area contributed by atoms with Crippen molar-refractivity contribution in [3.05, 3.63) is 154 Å². The van der Waals surface area contributed by atoms with Gasteiger partial charge < -0.3 is 57.9 Å². The molecule has 0 saturated carbocycles. The molecule has 590 valence electrons. The minimum atomic E-state index is -0.539. The van der Waals surface area contributed by atoms with Crippen LogP contribution in [0.1, 0.15) is 190 Å². The van der Waals surface area contributed by atoms with Crippen molar-refractivity contribution in [2.45, 2.75) is 166 Å². The van der Waals surface area contributed by atoms with Gasteiger partial charge in [0.25, 0.3) is 0 Å². The number of methoxy groups -OCH3 is 1. The number of nitrogens with one attached hydrogen (secondary N) is 1. The first-order valence-corrected chi connectivity index (χ1v) is 41.8. The molecule has 12 aliphatic rings. The number of benzene rings is 4. The molecule has 23 nitrogen and oxygen atoms in total. The molecular weight excluding hydrogens is 1590 g/mol. The monoisotopic (exact) mass is 1680 g/mol. The van der Waals surface area contributed by atoms with E-state index in [0.29, 0.717) is 176 Å². The van der Waals surface area contributed by atoms with E-state index in [0.717, 1.165) is 61.0 Å². The highest BCUT2D eigenvalue weighted by Gasteiger charge is 2.52. The number of fused-ring (bicyclic) bond motifs is 8. The summed E-state index contributed by atoms with van der Waals surface area (Å²) in [5.74, 6) is 1.28. The standard InChI is InChI=1S/C22H25NO6S.C22H25NO5S.C21H22BrNO5S.C17H17NO3S.ClH/c1-21(2,3)29-20(26)23-9-7-22(8-10-23)12-30-19-17(25)16(24)15-11-13(27-4)5-6-14(15)18(19)28-22;1-21(2,3)28-20(26)23-11-6-9-22(10-12-23)13-29-19-17(25)16(24)14-7-4-5-8-15(14)18(19)27-22;1-20(2,3)28-19(26)23-8-6-21(7-9-23)11-29-18-16(25)15(24)13-5-4-12(22)10-14(13)17(18)27-21;19-13-11-4-1-2-5-12(11)15-16(14(13)20)22-10-17(21-15)6-3-8-18-9-7-17;/h5-6,11H,7-10,12H2,1-4H3;4-5,7-8H,6,9-13H2,1-3H3;4-5,10H,6-9,11H2,1-3H3;1-2,4-5,18H,3,6-10H2;1H. The Hall–Kier alpha value is -7.86. The van der Waals surface area contributed by atoms with Gasteiger partial charge in [-0.3, -0.25) is 38.4 Å². The van der Waals surface area contributed by atoms with Crippen molar-refractivity contribution in [2.24, 2.45) is 0 Å². The normalized spacial score (nSPS) is 23.0. The summed E-state index contributed by atoms with van der Waals surface area (Å²) >= 11 is 9.10. The summed E-state index contributed by atoms with van der Waals surface area (Å²) in [5, 5.41) is 3.40. The molecule has 4 saturated heterocycles. The van der Waals surface area contributed by atoms with Crippen LogP contribution in [0.3, 0.4) is 0 Å². The van der Waals surface area contributed by atoms with Crippen LogP contribution in [0.4, 0.5) is 14.4 Å². The van der Waals surface area contributed by atoms with Crippen molar-refractivity contribution < 1.29 is 90.6 Å². The smallest absolute Gasteiger partial charge is 0.410 e. The van der Waals surface area contributed by atoms with Gasteiger partial charge in [0.2, 0.25) is 46.3 Å². The molecule has 4 aromatic carbocycles. The summed E-state index contributed by atoms with van der Waals surface area (Å²) in [6, 6.07) is 24.7. The average molecular weight is 1680 g/mol. The SMILES string of the molecule is CC(C)(C)OC(=O)N1CCC2(CC1)CSC1=C(O2)c2cc(Br)ccc2C(=O)C1=O.CC(C)(C)OC(=O)N1CCCC2(CC1)CSC1=C(O2)c2ccccc2C(=O)C1=O.COc1ccc2c(c1)C(=O)C(=O)C1=C2OC2(CCN(C(=O)OC(C)(C)C)CC2)CS1.Cl.O=C1C(=O)c2ccccc2C2=C1SCC1(CCCNCC1)O2. The number of rotatable bonds is 1. The van der Waals surface area contributed by atoms with Gasteiger partial charge in [-0.15, -0.1) is 59.5 Å². The highest BCUT2D eigenvalue weighted by molar-refractivity contribution is 9.10. The van der Waals surface area contributed by atoms with E-state index in [1.165, 1.54) is 54.2 Å². The van der Waals surface area contributed by atoms with E-state index in [4.69, 9.17) is 37.9 Å². The number of ketones is 8. The van der Waals surface area contributed by atoms with Gasteiger partial charge in [-0.05, 0) is 137 Å². The van der Waals surface area contributed by atoms with E-state index >= 15 is 0 Å². The maximum atomic E-state index is 12.6. The lowest BCUT2D eigenvalue weighted by Gasteiger charge is -2.45. The molecule has 4 spiro atoms. The maximum Gasteiger partial charge on any atom is 0.410 e. The predicted molar refractivity (Wildman–Crippen MR) is 430 cm³/mol. The van der Waals surface area contributed by atoms with Gasteiger partial charge in [-0.25, -0.2) is 14.4 Å². The zero-order chi connectivity index (χ0) is 78.6. The third kappa shape index (κ3) is 17.6. The quantitative estimate of drug-likeness (QED) is 0.137. The molecule has 8 heterocycles. The van der Waals surface area contributed by atoms with E-state index in [2.05, 4.69) is 21.2 Å². The summed E-state index contributed by atoms with van der Waals surface area (Å²) in [6.07, 6.45) is 6.79. The van der Waals surface area contributed by atoms with Crippen molar-refractivity contribution in [3.63, 3.8) is 0 Å². The highest BCUT2D eigenvalue weighted by atomic mass is 79.9. The zero-order valence-corrected chi connectivity index (χ0v) is 69.3. The van der Waals surface area contributed by atoms with E-state index in [-0.39, 0.29) is 36.3 Å². The minimum absolute atomic E-state index is 0. The Morgan fingerprint density at radius 1 is 0.387 bits per heavy atom. The van der Waals surface area contributed by atoms with Crippen LogP contribution in [0.5, 0.6) is 5.75 Å². The number of hydrogen-bond donors (Lipinski definition) is 1. The minimum Gasteiger partial charge on any atom is -0.497 e. The van der Waals surface area contributed by atoms with Crippen LogP contribution < -0.4 is 10.1 Å². The Bertz CT molecular complexity index is 4660. The van der Waals surface area contributed by atoms with Gasteiger partial charge >= 0.3 is 18.3 Å². The lowest BCUT2D eigenvalue weighted by Crippen LogP contribution is -2.51. The van der Waals surface area contributed by atoms with Gasteiger partial charge in [0.1, 0.15) is 87.6 Å². The van der Waals surface area contributed by atoms with Crippen LogP contribution in [-0.4, -0.2) is 201 Å².